The summed E-state index contributed by atoms with van der Waals surface area (Å²) in [5.41, 5.74) is 1.80. The number of hydrogen-bond acceptors (Lipinski definition) is 3. The number of nitrogens with zero attached hydrogens (tertiary/aromatic N) is 2. The second-order valence-electron chi connectivity index (χ2n) is 4.64. The smallest absolute Gasteiger partial charge is 0.253 e. The summed E-state index contributed by atoms with van der Waals surface area (Å²) in [5.74, 6) is 0.00450. The van der Waals surface area contributed by atoms with Crippen LogP contribution in [0.1, 0.15) is 15.9 Å². The Morgan fingerprint density at radius 1 is 1.32 bits per heavy atom. The van der Waals surface area contributed by atoms with Gasteiger partial charge in [0.2, 0.25) is 0 Å². The van der Waals surface area contributed by atoms with Crippen molar-refractivity contribution in [3.05, 3.63) is 48.0 Å². The summed E-state index contributed by atoms with van der Waals surface area (Å²) in [5, 5.41) is 8.99. The highest BCUT2D eigenvalue weighted by molar-refractivity contribution is 5.93. The van der Waals surface area contributed by atoms with Crippen LogP contribution in [0.2, 0.25) is 0 Å². The summed E-state index contributed by atoms with van der Waals surface area (Å²) in [6.45, 7) is 5.93. The molecule has 0 saturated heterocycles. The van der Waals surface area contributed by atoms with Gasteiger partial charge < -0.3 is 10.0 Å². The second kappa shape index (κ2) is 7.71. The Hall–Kier alpha value is -1.65. The first kappa shape index (κ1) is 15.4. The number of hydrogen-bond donors (Lipinski definition) is 1. The van der Waals surface area contributed by atoms with Crippen molar-refractivity contribution in [2.45, 2.75) is 6.54 Å². The predicted octanol–water partition coefficient (Wildman–Crippen LogP) is 1.37. The number of aliphatic hydroxyl groups excluding tert-OH is 1. The summed E-state index contributed by atoms with van der Waals surface area (Å²) in [4.78, 5) is 15.4. The average Bonchev–Trinajstić information content (AvgIpc) is 2.39. The zero-order valence-corrected chi connectivity index (χ0v) is 11.7. The van der Waals surface area contributed by atoms with E-state index in [1.807, 2.05) is 30.3 Å². The summed E-state index contributed by atoms with van der Waals surface area (Å²) in [6, 6.07) is 7.57. The largest absolute Gasteiger partial charge is 0.395 e. The van der Waals surface area contributed by atoms with Crippen LogP contribution in [0.15, 0.2) is 36.9 Å². The van der Waals surface area contributed by atoms with Crippen LogP contribution in [0.3, 0.4) is 0 Å². The van der Waals surface area contributed by atoms with Crippen LogP contribution in [0.5, 0.6) is 0 Å². The average molecular weight is 262 g/mol. The van der Waals surface area contributed by atoms with Gasteiger partial charge in [-0.25, -0.2) is 0 Å². The van der Waals surface area contributed by atoms with E-state index in [1.165, 1.54) is 0 Å². The highest BCUT2D eigenvalue weighted by Crippen LogP contribution is 2.09. The number of carbonyl (C=O) groups excluding carboxylic acids is 1. The Morgan fingerprint density at radius 2 is 1.95 bits per heavy atom. The van der Waals surface area contributed by atoms with Crippen LogP contribution < -0.4 is 0 Å². The van der Waals surface area contributed by atoms with Crippen molar-refractivity contribution in [3.8, 4) is 0 Å². The molecule has 0 bridgehead atoms. The third-order valence-corrected chi connectivity index (χ3v) is 2.82. The van der Waals surface area contributed by atoms with Crippen LogP contribution in [0, 0.1) is 0 Å². The third-order valence-electron chi connectivity index (χ3n) is 2.82. The minimum atomic E-state index is 0.00450. The Kier molecular flexibility index (Phi) is 6.25. The van der Waals surface area contributed by atoms with E-state index in [-0.39, 0.29) is 12.5 Å². The van der Waals surface area contributed by atoms with Gasteiger partial charge in [0.1, 0.15) is 0 Å². The van der Waals surface area contributed by atoms with E-state index in [2.05, 4.69) is 11.5 Å². The van der Waals surface area contributed by atoms with Gasteiger partial charge in [0, 0.05) is 39.3 Å². The van der Waals surface area contributed by atoms with Crippen molar-refractivity contribution >= 4 is 5.91 Å². The molecule has 104 valence electrons. The van der Waals surface area contributed by atoms with E-state index in [1.54, 1.807) is 19.0 Å². The van der Waals surface area contributed by atoms with E-state index < -0.39 is 0 Å². The molecule has 0 radical (unpaired) electrons. The predicted molar refractivity (Wildman–Crippen MR) is 77.0 cm³/mol. The lowest BCUT2D eigenvalue weighted by molar-refractivity contribution is 0.0827. The molecule has 0 saturated carbocycles. The van der Waals surface area contributed by atoms with Crippen molar-refractivity contribution in [1.29, 1.82) is 0 Å². The number of rotatable bonds is 7. The maximum Gasteiger partial charge on any atom is 0.253 e. The van der Waals surface area contributed by atoms with E-state index in [4.69, 9.17) is 5.11 Å². The Morgan fingerprint density at radius 3 is 2.42 bits per heavy atom. The molecule has 4 heteroatoms. The molecule has 4 nitrogen and oxygen atoms in total. The molecule has 0 aliphatic rings. The number of benzene rings is 1. The van der Waals surface area contributed by atoms with Gasteiger partial charge in [-0.05, 0) is 17.7 Å². The molecule has 0 fully saturated rings. The van der Waals surface area contributed by atoms with Crippen molar-refractivity contribution in [2.75, 3.05) is 33.8 Å². The number of carbonyl (C=O) groups is 1. The van der Waals surface area contributed by atoms with Crippen LogP contribution in [-0.4, -0.2) is 54.6 Å². The van der Waals surface area contributed by atoms with Crippen molar-refractivity contribution in [1.82, 2.24) is 9.80 Å². The molecule has 0 heterocycles. The fourth-order valence-electron chi connectivity index (χ4n) is 1.83. The molecular weight excluding hydrogens is 240 g/mol. The van der Waals surface area contributed by atoms with Gasteiger partial charge in [-0.1, -0.05) is 18.2 Å². The minimum Gasteiger partial charge on any atom is -0.395 e. The standard InChI is InChI=1S/C15H22N2O2/c1-4-9-17(10-11-18)12-13-5-7-14(8-6-13)15(19)16(2)3/h4-8,18H,1,9-12H2,2-3H3. The van der Waals surface area contributed by atoms with Gasteiger partial charge in [-0.15, -0.1) is 6.58 Å². The summed E-state index contributed by atoms with van der Waals surface area (Å²) in [7, 11) is 3.48. The Labute approximate surface area is 115 Å². The zero-order valence-electron chi connectivity index (χ0n) is 11.7. The van der Waals surface area contributed by atoms with Gasteiger partial charge >= 0.3 is 0 Å². The first-order valence-corrected chi connectivity index (χ1v) is 6.33. The van der Waals surface area contributed by atoms with Crippen molar-refractivity contribution in [3.63, 3.8) is 0 Å². The Balaban J connectivity index is 2.70. The fourth-order valence-corrected chi connectivity index (χ4v) is 1.83. The zero-order chi connectivity index (χ0) is 14.3. The molecule has 1 aromatic carbocycles. The molecule has 1 amide bonds. The fraction of sp³-hybridized carbons (Fsp3) is 0.400. The molecule has 19 heavy (non-hydrogen) atoms. The number of amides is 1. The summed E-state index contributed by atoms with van der Waals surface area (Å²) in [6.07, 6.45) is 1.82. The molecule has 1 aromatic rings. The SMILES string of the molecule is C=CCN(CCO)Cc1ccc(C(=O)N(C)C)cc1. The first-order valence-electron chi connectivity index (χ1n) is 6.33. The highest BCUT2D eigenvalue weighted by atomic mass is 16.3. The maximum atomic E-state index is 11.8. The summed E-state index contributed by atoms with van der Waals surface area (Å²) < 4.78 is 0. The molecule has 0 unspecified atom stereocenters. The van der Waals surface area contributed by atoms with Crippen LogP contribution in [0.25, 0.3) is 0 Å². The number of aliphatic hydroxyl groups is 1. The molecule has 0 aliphatic carbocycles. The van der Waals surface area contributed by atoms with E-state index in [0.717, 1.165) is 18.7 Å². The van der Waals surface area contributed by atoms with Crippen LogP contribution in [-0.2, 0) is 6.54 Å². The van der Waals surface area contributed by atoms with Gasteiger partial charge in [0.25, 0.3) is 5.91 Å². The molecular formula is C15H22N2O2. The molecule has 1 rings (SSSR count). The lowest BCUT2D eigenvalue weighted by Crippen LogP contribution is -2.26. The van der Waals surface area contributed by atoms with Crippen LogP contribution in [0.4, 0.5) is 0 Å². The maximum absolute atomic E-state index is 11.8. The van der Waals surface area contributed by atoms with Gasteiger partial charge in [-0.2, -0.15) is 0 Å². The van der Waals surface area contributed by atoms with Crippen LogP contribution >= 0.6 is 0 Å². The minimum absolute atomic E-state index is 0.00450. The normalized spacial score (nSPS) is 10.5. The first-order chi connectivity index (χ1) is 9.08. The van der Waals surface area contributed by atoms with Crippen molar-refractivity contribution in [2.24, 2.45) is 0 Å². The molecule has 0 aromatic heterocycles. The molecule has 0 spiro atoms. The molecule has 1 N–H and O–H groups in total. The van der Waals surface area contributed by atoms with Crippen molar-refractivity contribution < 1.29 is 9.90 Å². The highest BCUT2D eigenvalue weighted by Gasteiger charge is 2.08. The topological polar surface area (TPSA) is 43.8 Å². The lowest BCUT2D eigenvalue weighted by Gasteiger charge is -2.19. The lowest BCUT2D eigenvalue weighted by atomic mass is 10.1. The second-order valence-corrected chi connectivity index (χ2v) is 4.64. The monoisotopic (exact) mass is 262 g/mol. The van der Waals surface area contributed by atoms with E-state index >= 15 is 0 Å². The summed E-state index contributed by atoms with van der Waals surface area (Å²) >= 11 is 0. The van der Waals surface area contributed by atoms with E-state index in [9.17, 15) is 4.79 Å². The van der Waals surface area contributed by atoms with Gasteiger partial charge in [0.05, 0.1) is 6.61 Å². The van der Waals surface area contributed by atoms with Gasteiger partial charge in [0.15, 0.2) is 0 Å². The third kappa shape index (κ3) is 4.85. The van der Waals surface area contributed by atoms with E-state index in [0.29, 0.717) is 12.1 Å². The Bertz CT molecular complexity index is 413. The molecule has 0 aliphatic heterocycles. The van der Waals surface area contributed by atoms with Gasteiger partial charge in [-0.3, -0.25) is 9.69 Å². The molecule has 0 atom stereocenters. The quantitative estimate of drug-likeness (QED) is 0.755.